The third-order valence-electron chi connectivity index (χ3n) is 11.8. The maximum atomic E-state index is 11.8. The van der Waals surface area contributed by atoms with Crippen LogP contribution in [0.3, 0.4) is 0 Å². The van der Waals surface area contributed by atoms with Crippen molar-refractivity contribution in [3.8, 4) is 0 Å². The Morgan fingerprint density at radius 2 is 1.72 bits per heavy atom. The molecule has 4 fully saturated rings. The minimum atomic E-state index is -1.31. The van der Waals surface area contributed by atoms with Crippen molar-refractivity contribution in [2.45, 2.75) is 123 Å². The van der Waals surface area contributed by atoms with E-state index in [0.717, 1.165) is 18.8 Å². The molecule has 0 aromatic heterocycles. The van der Waals surface area contributed by atoms with Crippen LogP contribution in [-0.2, 0) is 4.79 Å². The number of aliphatic hydroxyl groups excluding tert-OH is 1. The van der Waals surface area contributed by atoms with Crippen LogP contribution in [0.1, 0.15) is 105 Å². The van der Waals surface area contributed by atoms with Crippen LogP contribution in [-0.4, -0.2) is 39.0 Å². The van der Waals surface area contributed by atoms with Gasteiger partial charge in [0.1, 0.15) is 0 Å². The summed E-state index contributed by atoms with van der Waals surface area (Å²) in [5, 5.41) is 36.5. The number of hydrogen-bond acceptors (Lipinski definition) is 4. The zero-order valence-corrected chi connectivity index (χ0v) is 23.1. The number of carbonyl (C=O) groups is 1. The summed E-state index contributed by atoms with van der Waals surface area (Å²) in [5.74, 6) is 1.68. The molecule has 0 aliphatic heterocycles. The van der Waals surface area contributed by atoms with Crippen molar-refractivity contribution < 1.29 is 20.1 Å². The van der Waals surface area contributed by atoms with Crippen LogP contribution in [0.5, 0.6) is 0 Å². The molecule has 0 aromatic rings. The summed E-state index contributed by atoms with van der Waals surface area (Å²) < 4.78 is 0. The Kier molecular flexibility index (Phi) is 7.79. The van der Waals surface area contributed by atoms with E-state index in [1.54, 1.807) is 0 Å². The summed E-state index contributed by atoms with van der Waals surface area (Å²) in [6.45, 7) is 11.8. The van der Waals surface area contributed by atoms with Crippen molar-refractivity contribution in [1.82, 2.24) is 0 Å². The smallest absolute Gasteiger partial charge is 0.306 e. The van der Waals surface area contributed by atoms with Gasteiger partial charge in [-0.2, -0.15) is 0 Å². The number of fused-ring (bicyclic) bond motifs is 5. The van der Waals surface area contributed by atoms with E-state index in [9.17, 15) is 25.6 Å². The fraction of sp³-hybridized carbons (Fsp3) is 0.966. The number of aliphatic carboxylic acids is 1. The van der Waals surface area contributed by atoms with E-state index in [1.165, 1.54) is 32.1 Å². The van der Waals surface area contributed by atoms with E-state index in [2.05, 4.69) is 44.6 Å². The van der Waals surface area contributed by atoms with E-state index in [1.807, 2.05) is 0 Å². The van der Waals surface area contributed by atoms with Crippen LogP contribution in [0.4, 0.5) is 0 Å². The lowest BCUT2D eigenvalue weighted by molar-refractivity contribution is -0.199. The molecule has 0 saturated heterocycles. The highest BCUT2D eigenvalue weighted by molar-refractivity contribution is 5.68. The highest BCUT2D eigenvalue weighted by Crippen LogP contribution is 2.69. The van der Waals surface area contributed by atoms with Crippen LogP contribution < -0.4 is 0 Å². The minimum absolute atomic E-state index is 0.0963. The largest absolute Gasteiger partial charge is 0.481 e. The van der Waals surface area contributed by atoms with Gasteiger partial charge in [-0.3, -0.25) is 4.79 Å². The lowest BCUT2D eigenvalue weighted by atomic mass is 9.42. The molecule has 0 amide bonds. The minimum Gasteiger partial charge on any atom is -0.481 e. The zero-order chi connectivity index (χ0) is 26.5. The van der Waals surface area contributed by atoms with Gasteiger partial charge in [-0.05, 0) is 103 Å². The molecule has 204 valence electrons. The van der Waals surface area contributed by atoms with Crippen molar-refractivity contribution in [3.63, 3.8) is 0 Å². The Balaban J connectivity index is 1.61. The number of nitrogens with zero attached hydrogens (tertiary/aromatic N) is 3. The first-order chi connectivity index (χ1) is 16.9. The van der Waals surface area contributed by atoms with Crippen LogP contribution >= 0.6 is 0 Å². The first kappa shape index (κ1) is 27.7. The quantitative estimate of drug-likeness (QED) is 0.196. The van der Waals surface area contributed by atoms with Gasteiger partial charge in [-0.1, -0.05) is 59.0 Å². The molecular weight excluding hydrogens is 454 g/mol. The van der Waals surface area contributed by atoms with Gasteiger partial charge in [0.25, 0.3) is 0 Å². The molecule has 0 radical (unpaired) electrons. The van der Waals surface area contributed by atoms with Crippen molar-refractivity contribution >= 4 is 5.97 Å². The molecule has 4 aliphatic rings. The molecule has 0 heterocycles. The lowest BCUT2D eigenvalue weighted by Gasteiger charge is -2.65. The third-order valence-corrected chi connectivity index (χ3v) is 11.8. The molecule has 4 rings (SSSR count). The van der Waals surface area contributed by atoms with E-state index >= 15 is 0 Å². The molecule has 4 aliphatic carbocycles. The molecule has 11 atom stereocenters. The predicted octanol–water partition coefficient (Wildman–Crippen LogP) is 6.57. The van der Waals surface area contributed by atoms with E-state index in [4.69, 9.17) is 0 Å². The van der Waals surface area contributed by atoms with Crippen molar-refractivity contribution in [1.29, 1.82) is 0 Å². The van der Waals surface area contributed by atoms with Gasteiger partial charge in [0.05, 0.1) is 24.2 Å². The number of azide groups is 1. The standard InChI is InChI=1S/C29H49N3O4/c1-17(2)7-6-8-18(3)19-9-10-20-24-21(11-12-27(19,20)4)28(5)13-14-29(36,16-23(33)34)15-22(28)25(26(24)35)31-32-30/h17-22,24-26,35-36H,6-16H2,1-5H3,(H,33,34)/t18-,19-,20+,21+,22?,24+,25?,26?,27-,28-,29?/m1/s1. The second-order valence-electron chi connectivity index (χ2n) is 14.1. The maximum Gasteiger partial charge on any atom is 0.306 e. The highest BCUT2D eigenvalue weighted by Gasteiger charge is 2.66. The highest BCUT2D eigenvalue weighted by atomic mass is 16.4. The molecule has 0 aromatic carbocycles. The van der Waals surface area contributed by atoms with Gasteiger partial charge in [0.15, 0.2) is 0 Å². The summed E-state index contributed by atoms with van der Waals surface area (Å²) in [7, 11) is 0. The van der Waals surface area contributed by atoms with Gasteiger partial charge in [0, 0.05) is 4.91 Å². The second kappa shape index (κ2) is 10.1. The molecule has 36 heavy (non-hydrogen) atoms. The summed E-state index contributed by atoms with van der Waals surface area (Å²) in [4.78, 5) is 14.6. The summed E-state index contributed by atoms with van der Waals surface area (Å²) in [5.41, 5.74) is 8.17. The second-order valence-corrected chi connectivity index (χ2v) is 14.1. The topological polar surface area (TPSA) is 127 Å². The van der Waals surface area contributed by atoms with E-state index in [0.29, 0.717) is 36.5 Å². The number of hydrogen-bond donors (Lipinski definition) is 3. The Labute approximate surface area is 217 Å². The monoisotopic (exact) mass is 503 g/mol. The summed E-state index contributed by atoms with van der Waals surface area (Å²) in [6, 6.07) is -0.619. The number of carboxylic acid groups (broad SMARTS) is 1. The van der Waals surface area contributed by atoms with Crippen molar-refractivity contribution in [3.05, 3.63) is 10.4 Å². The first-order valence-electron chi connectivity index (χ1n) is 14.5. The molecular formula is C29H49N3O4. The number of rotatable bonds is 8. The summed E-state index contributed by atoms with van der Waals surface area (Å²) in [6.07, 6.45) is 8.78. The Bertz CT molecular complexity index is 875. The van der Waals surface area contributed by atoms with Gasteiger partial charge < -0.3 is 15.3 Å². The first-order valence-corrected chi connectivity index (χ1v) is 14.5. The lowest BCUT2D eigenvalue weighted by Crippen LogP contribution is -2.65. The fourth-order valence-electron chi connectivity index (χ4n) is 9.98. The van der Waals surface area contributed by atoms with Crippen LogP contribution in [0.15, 0.2) is 5.11 Å². The summed E-state index contributed by atoms with van der Waals surface area (Å²) >= 11 is 0. The van der Waals surface area contributed by atoms with Gasteiger partial charge in [0.2, 0.25) is 0 Å². The van der Waals surface area contributed by atoms with Crippen molar-refractivity contribution in [2.75, 3.05) is 0 Å². The fourth-order valence-corrected chi connectivity index (χ4v) is 9.98. The average molecular weight is 504 g/mol. The molecule has 7 heteroatoms. The Morgan fingerprint density at radius 3 is 2.36 bits per heavy atom. The SMILES string of the molecule is CC(C)CCC[C@@H](C)[C@H]1CC[C@H]2[C@@H]3C(O)C(N=[N+]=[N-])C4CC(O)(CC(=O)O)CC[C@]4(C)[C@H]3CC[C@]12C. The molecule has 4 saturated carbocycles. The molecule has 7 nitrogen and oxygen atoms in total. The third kappa shape index (κ3) is 4.69. The zero-order valence-electron chi connectivity index (χ0n) is 23.1. The van der Waals surface area contributed by atoms with Gasteiger partial charge in [-0.15, -0.1) is 0 Å². The van der Waals surface area contributed by atoms with E-state index in [-0.39, 0.29) is 35.5 Å². The molecule has 3 N–H and O–H groups in total. The molecule has 0 bridgehead atoms. The normalized spacial score (nSPS) is 46.8. The number of aliphatic hydroxyl groups is 2. The maximum absolute atomic E-state index is 11.8. The van der Waals surface area contributed by atoms with Crippen LogP contribution in [0, 0.1) is 52.3 Å². The Hall–Kier alpha value is -1.30. The van der Waals surface area contributed by atoms with Gasteiger partial charge in [-0.25, -0.2) is 0 Å². The molecule has 0 spiro atoms. The van der Waals surface area contributed by atoms with Crippen molar-refractivity contribution in [2.24, 2.45) is 57.4 Å². The van der Waals surface area contributed by atoms with E-state index < -0.39 is 23.7 Å². The number of carboxylic acids is 1. The van der Waals surface area contributed by atoms with Crippen LogP contribution in [0.2, 0.25) is 0 Å². The van der Waals surface area contributed by atoms with Gasteiger partial charge >= 0.3 is 5.97 Å². The Morgan fingerprint density at radius 1 is 1.03 bits per heavy atom. The molecule has 4 unspecified atom stereocenters. The average Bonchev–Trinajstić information content (AvgIpc) is 3.14. The van der Waals surface area contributed by atoms with Crippen LogP contribution in [0.25, 0.3) is 10.4 Å². The predicted molar refractivity (Wildman–Crippen MR) is 140 cm³/mol.